The largest absolute Gasteiger partial charge is 0.271 e. The van der Waals surface area contributed by atoms with Crippen LogP contribution in [0.1, 0.15) is 28.3 Å². The van der Waals surface area contributed by atoms with E-state index < -0.39 is 0 Å². The second kappa shape index (κ2) is 6.50. The van der Waals surface area contributed by atoms with Gasteiger partial charge in [-0.05, 0) is 71.2 Å². The van der Waals surface area contributed by atoms with Crippen molar-refractivity contribution in [3.05, 3.63) is 68.3 Å². The zero-order valence-corrected chi connectivity index (χ0v) is 13.4. The van der Waals surface area contributed by atoms with Gasteiger partial charge in [-0.3, -0.25) is 11.3 Å². The van der Waals surface area contributed by atoms with Gasteiger partial charge in [0.25, 0.3) is 0 Å². The summed E-state index contributed by atoms with van der Waals surface area (Å²) in [6.45, 7) is 4.29. The molecule has 3 N–H and O–H groups in total. The summed E-state index contributed by atoms with van der Waals surface area (Å²) >= 11 is 2.36. The van der Waals surface area contributed by atoms with E-state index >= 15 is 0 Å². The number of hydrogen-bond donors (Lipinski definition) is 2. The summed E-state index contributed by atoms with van der Waals surface area (Å²) in [5, 5.41) is 0. The molecule has 0 amide bonds. The third-order valence-electron chi connectivity index (χ3n) is 3.49. The number of halogens is 1. The molecule has 0 spiro atoms. The van der Waals surface area contributed by atoms with Crippen molar-refractivity contribution in [1.29, 1.82) is 0 Å². The summed E-state index contributed by atoms with van der Waals surface area (Å²) < 4.78 is 1.24. The first-order valence-electron chi connectivity index (χ1n) is 6.38. The molecule has 2 rings (SSSR count). The number of rotatable bonds is 4. The summed E-state index contributed by atoms with van der Waals surface area (Å²) in [5.41, 5.74) is 8.16. The molecule has 0 saturated carbocycles. The van der Waals surface area contributed by atoms with Crippen LogP contribution in [0.5, 0.6) is 0 Å². The molecular weight excluding hydrogens is 347 g/mol. The fraction of sp³-hybridized carbons (Fsp3) is 0.250. The Bertz CT molecular complexity index is 566. The third kappa shape index (κ3) is 3.55. The van der Waals surface area contributed by atoms with Gasteiger partial charge in [-0.25, -0.2) is 0 Å². The van der Waals surface area contributed by atoms with Crippen LogP contribution < -0.4 is 11.3 Å². The molecule has 1 unspecified atom stereocenters. The van der Waals surface area contributed by atoms with E-state index in [9.17, 15) is 0 Å². The Morgan fingerprint density at radius 2 is 1.84 bits per heavy atom. The Labute approximate surface area is 128 Å². The lowest BCUT2D eigenvalue weighted by Crippen LogP contribution is -2.30. The van der Waals surface area contributed by atoms with Crippen LogP contribution in [-0.4, -0.2) is 0 Å². The van der Waals surface area contributed by atoms with Crippen LogP contribution in [-0.2, 0) is 6.42 Å². The fourth-order valence-corrected chi connectivity index (χ4v) is 2.95. The van der Waals surface area contributed by atoms with Gasteiger partial charge in [-0.15, -0.1) is 0 Å². The topological polar surface area (TPSA) is 38.0 Å². The molecule has 2 nitrogen and oxygen atoms in total. The number of nitrogens with one attached hydrogen (secondary N) is 1. The Hall–Kier alpha value is -0.910. The van der Waals surface area contributed by atoms with Gasteiger partial charge in [0, 0.05) is 3.57 Å². The molecule has 3 heteroatoms. The number of hydrazine groups is 1. The molecule has 100 valence electrons. The van der Waals surface area contributed by atoms with E-state index in [1.807, 2.05) is 0 Å². The fourth-order valence-electron chi connectivity index (χ4n) is 2.18. The summed E-state index contributed by atoms with van der Waals surface area (Å²) in [6.07, 6.45) is 0.900. The molecule has 19 heavy (non-hydrogen) atoms. The Morgan fingerprint density at radius 1 is 1.11 bits per heavy atom. The first kappa shape index (κ1) is 14.5. The van der Waals surface area contributed by atoms with E-state index in [0.29, 0.717) is 0 Å². The van der Waals surface area contributed by atoms with Crippen molar-refractivity contribution in [3.63, 3.8) is 0 Å². The zero-order chi connectivity index (χ0) is 13.8. The average Bonchev–Trinajstić information content (AvgIpc) is 2.41. The number of benzene rings is 2. The number of nitrogens with two attached hydrogens (primary N) is 1. The minimum atomic E-state index is 0.148. The lowest BCUT2D eigenvalue weighted by atomic mass is 9.97. The lowest BCUT2D eigenvalue weighted by Gasteiger charge is -2.18. The standard InChI is InChI=1S/C16H19IN2/c1-11-7-8-13(9-12(11)2)10-16(19-18)14-5-3-4-6-15(14)17/h3-9,16,19H,10,18H2,1-2H3. The minimum Gasteiger partial charge on any atom is -0.271 e. The van der Waals surface area contributed by atoms with Gasteiger partial charge in [-0.2, -0.15) is 0 Å². The van der Waals surface area contributed by atoms with Crippen molar-refractivity contribution in [3.8, 4) is 0 Å². The Morgan fingerprint density at radius 3 is 2.47 bits per heavy atom. The lowest BCUT2D eigenvalue weighted by molar-refractivity contribution is 0.549. The second-order valence-corrected chi connectivity index (χ2v) is 6.03. The predicted molar refractivity (Wildman–Crippen MR) is 88.8 cm³/mol. The van der Waals surface area contributed by atoms with Crippen molar-refractivity contribution in [2.24, 2.45) is 5.84 Å². The third-order valence-corrected chi connectivity index (χ3v) is 4.48. The monoisotopic (exact) mass is 366 g/mol. The Balaban J connectivity index is 2.24. The first-order chi connectivity index (χ1) is 9.11. The van der Waals surface area contributed by atoms with Crippen molar-refractivity contribution in [1.82, 2.24) is 5.43 Å². The number of hydrogen-bond acceptors (Lipinski definition) is 2. The van der Waals surface area contributed by atoms with Crippen molar-refractivity contribution < 1.29 is 0 Å². The summed E-state index contributed by atoms with van der Waals surface area (Å²) in [7, 11) is 0. The normalized spacial score (nSPS) is 12.4. The van der Waals surface area contributed by atoms with E-state index in [2.05, 4.69) is 84.3 Å². The van der Waals surface area contributed by atoms with Crippen LogP contribution in [0.4, 0.5) is 0 Å². The second-order valence-electron chi connectivity index (χ2n) is 4.86. The zero-order valence-electron chi connectivity index (χ0n) is 11.3. The molecule has 0 saturated heterocycles. The van der Waals surface area contributed by atoms with Crippen molar-refractivity contribution in [2.75, 3.05) is 0 Å². The average molecular weight is 366 g/mol. The van der Waals surface area contributed by atoms with E-state index in [1.165, 1.54) is 25.8 Å². The maximum atomic E-state index is 5.74. The van der Waals surface area contributed by atoms with Gasteiger partial charge in [0.05, 0.1) is 6.04 Å². The number of aryl methyl sites for hydroxylation is 2. The van der Waals surface area contributed by atoms with Crippen LogP contribution >= 0.6 is 22.6 Å². The highest BCUT2D eigenvalue weighted by Crippen LogP contribution is 2.23. The molecule has 0 aromatic heterocycles. The van der Waals surface area contributed by atoms with Gasteiger partial charge >= 0.3 is 0 Å². The summed E-state index contributed by atoms with van der Waals surface area (Å²) in [5.74, 6) is 5.74. The quantitative estimate of drug-likeness (QED) is 0.493. The maximum absolute atomic E-state index is 5.74. The minimum absolute atomic E-state index is 0.148. The van der Waals surface area contributed by atoms with Crippen LogP contribution in [0.3, 0.4) is 0 Å². The summed E-state index contributed by atoms with van der Waals surface area (Å²) in [6, 6.07) is 15.1. The molecule has 0 bridgehead atoms. The molecule has 0 aliphatic rings. The Kier molecular flexibility index (Phi) is 4.96. The van der Waals surface area contributed by atoms with Crippen LogP contribution in [0, 0.1) is 17.4 Å². The first-order valence-corrected chi connectivity index (χ1v) is 7.46. The molecule has 2 aromatic rings. The van der Waals surface area contributed by atoms with E-state index in [1.54, 1.807) is 0 Å². The van der Waals surface area contributed by atoms with Crippen molar-refractivity contribution in [2.45, 2.75) is 26.3 Å². The summed E-state index contributed by atoms with van der Waals surface area (Å²) in [4.78, 5) is 0. The molecule has 0 aliphatic heterocycles. The molecule has 1 atom stereocenters. The van der Waals surface area contributed by atoms with Gasteiger partial charge in [0.1, 0.15) is 0 Å². The van der Waals surface area contributed by atoms with E-state index in [-0.39, 0.29) is 6.04 Å². The smallest absolute Gasteiger partial charge is 0.0510 e. The van der Waals surface area contributed by atoms with E-state index in [0.717, 1.165) is 6.42 Å². The highest BCUT2D eigenvalue weighted by molar-refractivity contribution is 14.1. The molecule has 0 radical (unpaired) electrons. The highest BCUT2D eigenvalue weighted by atomic mass is 127. The van der Waals surface area contributed by atoms with Gasteiger partial charge in [-0.1, -0.05) is 36.4 Å². The van der Waals surface area contributed by atoms with Crippen molar-refractivity contribution >= 4 is 22.6 Å². The molecular formula is C16H19IN2. The van der Waals surface area contributed by atoms with Gasteiger partial charge in [0.2, 0.25) is 0 Å². The molecule has 0 heterocycles. The molecule has 2 aromatic carbocycles. The van der Waals surface area contributed by atoms with E-state index in [4.69, 9.17) is 5.84 Å². The maximum Gasteiger partial charge on any atom is 0.0510 e. The molecule has 0 fully saturated rings. The van der Waals surface area contributed by atoms with Crippen LogP contribution in [0.25, 0.3) is 0 Å². The van der Waals surface area contributed by atoms with Gasteiger partial charge in [0.15, 0.2) is 0 Å². The highest BCUT2D eigenvalue weighted by Gasteiger charge is 2.13. The van der Waals surface area contributed by atoms with Crippen LogP contribution in [0.15, 0.2) is 42.5 Å². The molecule has 0 aliphatic carbocycles. The predicted octanol–water partition coefficient (Wildman–Crippen LogP) is 3.66. The SMILES string of the molecule is Cc1ccc(CC(NN)c2ccccc2I)cc1C. The van der Waals surface area contributed by atoms with Crippen LogP contribution in [0.2, 0.25) is 0 Å². The van der Waals surface area contributed by atoms with Gasteiger partial charge < -0.3 is 0 Å².